The second-order valence-corrected chi connectivity index (χ2v) is 6.82. The van der Waals surface area contributed by atoms with Crippen LogP contribution < -0.4 is 11.0 Å². The molecule has 1 aliphatic rings. The third-order valence-electron chi connectivity index (χ3n) is 4.04. The van der Waals surface area contributed by atoms with E-state index in [9.17, 15) is 18.1 Å². The molecule has 1 aromatic heterocycles. The van der Waals surface area contributed by atoms with Crippen molar-refractivity contribution in [3.63, 3.8) is 0 Å². The van der Waals surface area contributed by atoms with Crippen LogP contribution in [0.25, 0.3) is 5.70 Å². The molecule has 0 spiro atoms. The molecule has 1 unspecified atom stereocenters. The number of nitrogens with one attached hydrogen (secondary N) is 1. The van der Waals surface area contributed by atoms with E-state index < -0.39 is 45.2 Å². The Morgan fingerprint density at radius 1 is 1.43 bits per heavy atom. The second kappa shape index (κ2) is 8.24. The fraction of sp³-hybridized carbons (Fsp3) is 0.294. The largest absolute Gasteiger partial charge is 0.694 e. The lowest BCUT2D eigenvalue weighted by Gasteiger charge is -2.20. The Labute approximate surface area is 159 Å². The number of ether oxygens (including phenoxy) is 1. The summed E-state index contributed by atoms with van der Waals surface area (Å²) in [4.78, 5) is 24.6. The van der Waals surface area contributed by atoms with Gasteiger partial charge in [-0.3, -0.25) is 4.57 Å². The summed E-state index contributed by atoms with van der Waals surface area (Å²) in [5, 5.41) is 2.85. The van der Waals surface area contributed by atoms with Crippen LogP contribution in [0.2, 0.25) is 0 Å². The predicted octanol–water partition coefficient (Wildman–Crippen LogP) is 2.92. The monoisotopic (exact) mass is 412 g/mol. The first-order chi connectivity index (χ1) is 13.3. The van der Waals surface area contributed by atoms with Crippen LogP contribution in [-0.4, -0.2) is 33.1 Å². The molecule has 8 nitrogen and oxygen atoms in total. The molecular formula is C17H17F2N3O5P+. The fourth-order valence-corrected chi connectivity index (χ4v) is 3.07. The van der Waals surface area contributed by atoms with Crippen molar-refractivity contribution in [2.45, 2.75) is 24.7 Å². The Morgan fingerprint density at radius 3 is 2.79 bits per heavy atom. The van der Waals surface area contributed by atoms with E-state index in [1.54, 1.807) is 0 Å². The van der Waals surface area contributed by atoms with Crippen LogP contribution in [0.4, 0.5) is 14.6 Å². The number of halogens is 2. The standard InChI is InChI=1S/C17H16F2N3O5P/c1-11(12-5-3-2-4-6-12)20-14-7-8-22(16(23)21-14)15-17(18,19)9-13(27-15)10-26-28(24)25/h2-8,13,15H,1,9-10H2,(H-,20,21,23,24,25)/p+1/t13-,15+/m0/s1. The minimum Gasteiger partial charge on any atom is -0.346 e. The van der Waals surface area contributed by atoms with Crippen molar-refractivity contribution in [3.05, 3.63) is 65.2 Å². The van der Waals surface area contributed by atoms with Gasteiger partial charge in [-0.25, -0.2) is 13.6 Å². The van der Waals surface area contributed by atoms with E-state index in [0.29, 0.717) is 10.3 Å². The van der Waals surface area contributed by atoms with Crippen molar-refractivity contribution in [2.24, 2.45) is 0 Å². The molecule has 0 bridgehead atoms. The van der Waals surface area contributed by atoms with Gasteiger partial charge in [0, 0.05) is 22.9 Å². The maximum absolute atomic E-state index is 14.2. The van der Waals surface area contributed by atoms with Gasteiger partial charge in [0.25, 0.3) is 5.92 Å². The quantitative estimate of drug-likeness (QED) is 0.674. The third kappa shape index (κ3) is 4.66. The van der Waals surface area contributed by atoms with Crippen LogP contribution in [0.5, 0.6) is 0 Å². The highest BCUT2D eigenvalue weighted by Gasteiger charge is 2.52. The van der Waals surface area contributed by atoms with Crippen LogP contribution in [0.1, 0.15) is 18.2 Å². The number of hydrogen-bond donors (Lipinski definition) is 2. The van der Waals surface area contributed by atoms with E-state index in [2.05, 4.69) is 21.4 Å². The number of anilines is 1. The lowest BCUT2D eigenvalue weighted by molar-refractivity contribution is -0.119. The van der Waals surface area contributed by atoms with Gasteiger partial charge in [0.05, 0.1) is 6.10 Å². The maximum Gasteiger partial charge on any atom is 0.694 e. The van der Waals surface area contributed by atoms with Crippen molar-refractivity contribution < 1.29 is 27.5 Å². The normalized spacial score (nSPS) is 21.3. The Balaban J connectivity index is 1.74. The summed E-state index contributed by atoms with van der Waals surface area (Å²) < 4.78 is 49.3. The summed E-state index contributed by atoms with van der Waals surface area (Å²) in [7, 11) is -2.93. The molecule has 1 saturated heterocycles. The molecular weight excluding hydrogens is 395 g/mol. The zero-order valence-electron chi connectivity index (χ0n) is 14.5. The maximum atomic E-state index is 14.2. The summed E-state index contributed by atoms with van der Waals surface area (Å²) in [6.07, 6.45) is -2.62. The highest BCUT2D eigenvalue weighted by atomic mass is 31.1. The van der Waals surface area contributed by atoms with E-state index in [4.69, 9.17) is 9.63 Å². The highest BCUT2D eigenvalue weighted by Crippen LogP contribution is 2.42. The Morgan fingerprint density at radius 2 is 2.14 bits per heavy atom. The third-order valence-corrected chi connectivity index (χ3v) is 4.41. The first-order valence-electron chi connectivity index (χ1n) is 8.19. The number of benzene rings is 1. The predicted molar refractivity (Wildman–Crippen MR) is 96.8 cm³/mol. The van der Waals surface area contributed by atoms with Crippen LogP contribution in [0, 0.1) is 0 Å². The highest BCUT2D eigenvalue weighted by molar-refractivity contribution is 7.32. The molecule has 2 heterocycles. The van der Waals surface area contributed by atoms with Gasteiger partial charge in [-0.1, -0.05) is 36.9 Å². The summed E-state index contributed by atoms with van der Waals surface area (Å²) in [6, 6.07) is 10.5. The van der Waals surface area contributed by atoms with Crippen LogP contribution in [-0.2, 0) is 13.8 Å². The molecule has 2 aromatic rings. The molecule has 1 fully saturated rings. The molecule has 11 heteroatoms. The second-order valence-electron chi connectivity index (χ2n) is 6.08. The minimum atomic E-state index is -3.37. The summed E-state index contributed by atoms with van der Waals surface area (Å²) in [6.45, 7) is 3.36. The topological polar surface area (TPSA) is 103 Å². The fourth-order valence-electron chi connectivity index (χ4n) is 2.78. The van der Waals surface area contributed by atoms with Crippen molar-refractivity contribution in [2.75, 3.05) is 11.9 Å². The average Bonchev–Trinajstić information content (AvgIpc) is 2.95. The summed E-state index contributed by atoms with van der Waals surface area (Å²) in [5.41, 5.74) is 0.331. The number of hydrogen-bond acceptors (Lipinski definition) is 6. The molecule has 2 N–H and O–H groups in total. The Bertz CT molecular complexity index is 938. The molecule has 0 radical (unpaired) electrons. The van der Waals surface area contributed by atoms with Gasteiger partial charge >= 0.3 is 13.9 Å². The number of alkyl halides is 2. The molecule has 0 saturated carbocycles. The lowest BCUT2D eigenvalue weighted by Crippen LogP contribution is -2.35. The van der Waals surface area contributed by atoms with Gasteiger partial charge in [-0.05, 0) is 11.6 Å². The molecule has 3 rings (SSSR count). The Kier molecular flexibility index (Phi) is 5.95. The van der Waals surface area contributed by atoms with Crippen LogP contribution in [0.3, 0.4) is 0 Å². The number of aromatic nitrogens is 2. The number of rotatable bonds is 7. The van der Waals surface area contributed by atoms with Gasteiger partial charge in [0.1, 0.15) is 12.4 Å². The smallest absolute Gasteiger partial charge is 0.346 e. The lowest BCUT2D eigenvalue weighted by atomic mass is 10.2. The minimum absolute atomic E-state index is 0.147. The number of nitrogens with zero attached hydrogens (tertiary/aromatic N) is 2. The van der Waals surface area contributed by atoms with Crippen LogP contribution in [0.15, 0.2) is 54.0 Å². The summed E-state index contributed by atoms with van der Waals surface area (Å²) >= 11 is 0. The van der Waals surface area contributed by atoms with Crippen molar-refractivity contribution >= 4 is 19.8 Å². The zero-order valence-corrected chi connectivity index (χ0v) is 15.4. The first kappa shape index (κ1) is 20.2. The zero-order chi connectivity index (χ0) is 20.3. The first-order valence-corrected chi connectivity index (χ1v) is 9.32. The van der Waals surface area contributed by atoms with Gasteiger partial charge in [-0.2, -0.15) is 4.98 Å². The average molecular weight is 412 g/mol. The molecule has 0 amide bonds. The van der Waals surface area contributed by atoms with Crippen LogP contribution >= 0.6 is 8.25 Å². The van der Waals surface area contributed by atoms with Gasteiger partial charge in [0.2, 0.25) is 6.23 Å². The van der Waals surface area contributed by atoms with E-state index in [-0.39, 0.29) is 5.82 Å². The molecule has 0 aliphatic carbocycles. The molecule has 1 aromatic carbocycles. The summed E-state index contributed by atoms with van der Waals surface area (Å²) in [5.74, 6) is -3.22. The molecule has 3 atom stereocenters. The van der Waals surface area contributed by atoms with Gasteiger partial charge in [0.15, 0.2) is 0 Å². The van der Waals surface area contributed by atoms with Crippen molar-refractivity contribution in [3.8, 4) is 0 Å². The molecule has 148 valence electrons. The molecule has 28 heavy (non-hydrogen) atoms. The van der Waals surface area contributed by atoms with E-state index in [0.717, 1.165) is 11.8 Å². The molecule has 1 aliphatic heterocycles. The van der Waals surface area contributed by atoms with E-state index in [1.165, 1.54) is 6.07 Å². The van der Waals surface area contributed by atoms with Crippen molar-refractivity contribution in [1.29, 1.82) is 0 Å². The Hall–Kier alpha value is -2.52. The van der Waals surface area contributed by atoms with Gasteiger partial charge in [-0.15, -0.1) is 9.42 Å². The van der Waals surface area contributed by atoms with E-state index >= 15 is 0 Å². The SMILES string of the molecule is C=C(Nc1ccn([C@@H]2O[C@H](CO[P+](=O)O)CC2(F)F)c(=O)n1)c1ccccc1. The van der Waals surface area contributed by atoms with Crippen molar-refractivity contribution in [1.82, 2.24) is 9.55 Å². The van der Waals surface area contributed by atoms with E-state index in [1.807, 2.05) is 30.3 Å². The van der Waals surface area contributed by atoms with Gasteiger partial charge < -0.3 is 10.1 Å².